The van der Waals surface area contributed by atoms with E-state index in [4.69, 9.17) is 4.74 Å². The highest BCUT2D eigenvalue weighted by atomic mass is 16.5. The quantitative estimate of drug-likeness (QED) is 0.703. The first-order valence-corrected chi connectivity index (χ1v) is 6.50. The van der Waals surface area contributed by atoms with Crippen LogP contribution in [0.5, 0.6) is 0 Å². The van der Waals surface area contributed by atoms with Crippen LogP contribution in [0.15, 0.2) is 24.3 Å². The van der Waals surface area contributed by atoms with E-state index in [2.05, 4.69) is 38.1 Å². The van der Waals surface area contributed by atoms with Crippen LogP contribution in [0, 0.1) is 12.8 Å². The average Bonchev–Trinajstić information content (AvgIpc) is 2.33. The Hall–Kier alpha value is -0.860. The highest BCUT2D eigenvalue weighted by Crippen LogP contribution is 2.13. The van der Waals surface area contributed by atoms with Crippen molar-refractivity contribution >= 4 is 0 Å². The Bertz CT molecular complexity index is 310. The molecule has 2 heteroatoms. The van der Waals surface area contributed by atoms with Gasteiger partial charge in [0.25, 0.3) is 0 Å². The van der Waals surface area contributed by atoms with Gasteiger partial charge in [0.15, 0.2) is 0 Å². The second-order valence-corrected chi connectivity index (χ2v) is 4.64. The molecule has 0 saturated carbocycles. The van der Waals surface area contributed by atoms with Crippen molar-refractivity contribution in [1.82, 2.24) is 0 Å². The minimum absolute atomic E-state index is 0.240. The van der Waals surface area contributed by atoms with Crippen molar-refractivity contribution < 1.29 is 9.84 Å². The Balaban J connectivity index is 2.35. The summed E-state index contributed by atoms with van der Waals surface area (Å²) in [5.74, 6) is 0.314. The lowest BCUT2D eigenvalue weighted by molar-refractivity contribution is 0.106. The fourth-order valence-electron chi connectivity index (χ4n) is 1.93. The van der Waals surface area contributed by atoms with E-state index in [0.717, 1.165) is 32.5 Å². The van der Waals surface area contributed by atoms with Gasteiger partial charge in [0.2, 0.25) is 0 Å². The molecule has 2 nitrogen and oxygen atoms in total. The predicted octanol–water partition coefficient (Wildman–Crippen LogP) is 2.96. The van der Waals surface area contributed by atoms with Crippen LogP contribution in [0.25, 0.3) is 0 Å². The van der Waals surface area contributed by atoms with Crippen molar-refractivity contribution in [2.45, 2.75) is 33.1 Å². The first kappa shape index (κ1) is 14.2. The molecule has 1 N–H and O–H groups in total. The fourth-order valence-corrected chi connectivity index (χ4v) is 1.93. The van der Waals surface area contributed by atoms with Crippen molar-refractivity contribution in [3.8, 4) is 0 Å². The molecule has 1 rings (SSSR count). The lowest BCUT2D eigenvalue weighted by Gasteiger charge is -2.14. The maximum atomic E-state index is 9.36. The van der Waals surface area contributed by atoms with Crippen molar-refractivity contribution in [1.29, 1.82) is 0 Å². The third-order valence-electron chi connectivity index (χ3n) is 2.88. The molecule has 0 aliphatic heterocycles. The molecule has 0 amide bonds. The van der Waals surface area contributed by atoms with Gasteiger partial charge in [0.1, 0.15) is 0 Å². The lowest BCUT2D eigenvalue weighted by atomic mass is 9.96. The second kappa shape index (κ2) is 8.26. The van der Waals surface area contributed by atoms with Crippen molar-refractivity contribution in [2.24, 2.45) is 5.92 Å². The largest absolute Gasteiger partial charge is 0.396 e. The molecular weight excluding hydrogens is 212 g/mol. The van der Waals surface area contributed by atoms with Crippen LogP contribution in [0.1, 0.15) is 30.9 Å². The molecule has 1 aromatic carbocycles. The number of hydrogen-bond acceptors (Lipinski definition) is 2. The van der Waals surface area contributed by atoms with Gasteiger partial charge in [-0.2, -0.15) is 0 Å². The van der Waals surface area contributed by atoms with E-state index in [9.17, 15) is 5.11 Å². The van der Waals surface area contributed by atoms with Crippen LogP contribution in [-0.4, -0.2) is 24.9 Å². The molecule has 0 spiro atoms. The molecule has 1 unspecified atom stereocenters. The molecular formula is C15H24O2. The zero-order chi connectivity index (χ0) is 12.5. The predicted molar refractivity (Wildman–Crippen MR) is 71.2 cm³/mol. The van der Waals surface area contributed by atoms with Gasteiger partial charge >= 0.3 is 0 Å². The number of benzene rings is 1. The van der Waals surface area contributed by atoms with Gasteiger partial charge in [0.05, 0.1) is 0 Å². The summed E-state index contributed by atoms with van der Waals surface area (Å²) in [6, 6.07) is 8.49. The summed E-state index contributed by atoms with van der Waals surface area (Å²) >= 11 is 0. The Kier molecular flexibility index (Phi) is 6.90. The van der Waals surface area contributed by atoms with Crippen LogP contribution < -0.4 is 0 Å². The second-order valence-electron chi connectivity index (χ2n) is 4.64. The number of aryl methyl sites for hydroxylation is 1. The van der Waals surface area contributed by atoms with E-state index < -0.39 is 0 Å². The first-order chi connectivity index (χ1) is 8.26. The molecule has 1 atom stereocenters. The fraction of sp³-hybridized carbons (Fsp3) is 0.600. The topological polar surface area (TPSA) is 29.5 Å². The van der Waals surface area contributed by atoms with E-state index in [1.54, 1.807) is 0 Å². The number of rotatable bonds is 8. The molecule has 0 heterocycles. The van der Waals surface area contributed by atoms with Gasteiger partial charge in [-0.15, -0.1) is 0 Å². The van der Waals surface area contributed by atoms with Crippen molar-refractivity contribution in [3.05, 3.63) is 35.4 Å². The third-order valence-corrected chi connectivity index (χ3v) is 2.88. The minimum Gasteiger partial charge on any atom is -0.396 e. The highest BCUT2D eigenvalue weighted by molar-refractivity contribution is 5.22. The van der Waals surface area contributed by atoms with E-state index in [1.807, 2.05) is 0 Å². The molecule has 0 aliphatic rings. The van der Waals surface area contributed by atoms with Crippen molar-refractivity contribution in [3.63, 3.8) is 0 Å². The van der Waals surface area contributed by atoms with Crippen molar-refractivity contribution in [2.75, 3.05) is 19.8 Å². The normalized spacial score (nSPS) is 12.6. The van der Waals surface area contributed by atoms with E-state index >= 15 is 0 Å². The molecule has 0 aromatic heterocycles. The average molecular weight is 236 g/mol. The summed E-state index contributed by atoms with van der Waals surface area (Å²) in [6.45, 7) is 6.02. The third kappa shape index (κ3) is 5.85. The monoisotopic (exact) mass is 236 g/mol. The molecule has 17 heavy (non-hydrogen) atoms. The molecule has 0 radical (unpaired) electrons. The number of aliphatic hydroxyl groups is 1. The Morgan fingerprint density at radius 1 is 1.29 bits per heavy atom. The van der Waals surface area contributed by atoms with Crippen LogP contribution in [0.2, 0.25) is 0 Å². The van der Waals surface area contributed by atoms with Gasteiger partial charge in [-0.1, -0.05) is 36.8 Å². The van der Waals surface area contributed by atoms with Crippen LogP contribution in [-0.2, 0) is 11.2 Å². The minimum atomic E-state index is 0.240. The molecule has 0 bridgehead atoms. The summed E-state index contributed by atoms with van der Waals surface area (Å²) in [6.07, 6.45) is 2.93. The highest BCUT2D eigenvalue weighted by Gasteiger charge is 2.08. The summed E-state index contributed by atoms with van der Waals surface area (Å²) in [7, 11) is 0. The van der Waals surface area contributed by atoms with Crippen LogP contribution >= 0.6 is 0 Å². The van der Waals surface area contributed by atoms with Gasteiger partial charge in [0, 0.05) is 19.8 Å². The molecule has 0 aliphatic carbocycles. The maximum Gasteiger partial charge on any atom is 0.0469 e. The Morgan fingerprint density at radius 3 is 2.76 bits per heavy atom. The molecule has 0 fully saturated rings. The smallest absolute Gasteiger partial charge is 0.0469 e. The standard InChI is InChI=1S/C15H24O2/c1-3-8-17-9-7-15(12-16)11-14-6-4-5-13(2)10-14/h4-6,10,15-16H,3,7-9,11-12H2,1-2H3. The van der Waals surface area contributed by atoms with E-state index in [1.165, 1.54) is 11.1 Å². The number of ether oxygens (including phenoxy) is 1. The molecule has 0 saturated heterocycles. The van der Waals surface area contributed by atoms with Gasteiger partial charge < -0.3 is 9.84 Å². The lowest BCUT2D eigenvalue weighted by Crippen LogP contribution is -2.13. The van der Waals surface area contributed by atoms with Crippen LogP contribution in [0.4, 0.5) is 0 Å². The SMILES string of the molecule is CCCOCCC(CO)Cc1cccc(C)c1. The Labute approximate surface area is 105 Å². The van der Waals surface area contributed by atoms with Crippen LogP contribution in [0.3, 0.4) is 0 Å². The number of aliphatic hydroxyl groups excluding tert-OH is 1. The van der Waals surface area contributed by atoms with Gasteiger partial charge in [-0.05, 0) is 37.7 Å². The number of hydrogen-bond donors (Lipinski definition) is 1. The summed E-state index contributed by atoms with van der Waals surface area (Å²) < 4.78 is 5.47. The van der Waals surface area contributed by atoms with Gasteiger partial charge in [-0.3, -0.25) is 0 Å². The molecule has 1 aromatic rings. The first-order valence-electron chi connectivity index (χ1n) is 6.50. The van der Waals surface area contributed by atoms with E-state index in [-0.39, 0.29) is 6.61 Å². The summed E-state index contributed by atoms with van der Waals surface area (Å²) in [5.41, 5.74) is 2.58. The Morgan fingerprint density at radius 2 is 2.12 bits per heavy atom. The van der Waals surface area contributed by atoms with E-state index in [0.29, 0.717) is 5.92 Å². The zero-order valence-corrected chi connectivity index (χ0v) is 11.0. The summed E-state index contributed by atoms with van der Waals surface area (Å²) in [5, 5.41) is 9.36. The summed E-state index contributed by atoms with van der Waals surface area (Å²) in [4.78, 5) is 0. The maximum absolute atomic E-state index is 9.36. The molecule has 96 valence electrons. The van der Waals surface area contributed by atoms with Gasteiger partial charge in [-0.25, -0.2) is 0 Å². The zero-order valence-electron chi connectivity index (χ0n) is 11.0.